The Bertz CT molecular complexity index is 1410. The van der Waals surface area contributed by atoms with E-state index in [9.17, 15) is 19.8 Å². The lowest BCUT2D eigenvalue weighted by molar-refractivity contribution is -0.158. The van der Waals surface area contributed by atoms with Crippen LogP contribution < -0.4 is 4.74 Å². The van der Waals surface area contributed by atoms with E-state index in [1.165, 1.54) is 5.57 Å². The molecule has 7 heteroatoms. The van der Waals surface area contributed by atoms with Gasteiger partial charge in [0, 0.05) is 24.1 Å². The zero-order valence-corrected chi connectivity index (χ0v) is 26.9. The molecule has 1 aliphatic heterocycles. The van der Waals surface area contributed by atoms with Crippen LogP contribution in [0.3, 0.4) is 0 Å². The second kappa shape index (κ2) is 13.9. The zero-order valence-electron chi connectivity index (χ0n) is 26.9. The van der Waals surface area contributed by atoms with Gasteiger partial charge in [-0.2, -0.15) is 0 Å². The minimum Gasteiger partial charge on any atom is -0.496 e. The van der Waals surface area contributed by atoms with Crippen LogP contribution in [-0.2, 0) is 27.5 Å². The molecule has 2 aromatic rings. The summed E-state index contributed by atoms with van der Waals surface area (Å²) in [6.45, 7) is 8.73. The number of rotatable bonds is 10. The molecule has 2 aromatic carbocycles. The number of amides is 1. The molecule has 8 atom stereocenters. The number of benzene rings is 2. The van der Waals surface area contributed by atoms with E-state index in [0.717, 1.165) is 47.6 Å². The third-order valence-corrected chi connectivity index (χ3v) is 10.3. The quantitative estimate of drug-likeness (QED) is 0.308. The van der Waals surface area contributed by atoms with Gasteiger partial charge >= 0.3 is 5.97 Å². The highest BCUT2D eigenvalue weighted by molar-refractivity contribution is 5.88. The van der Waals surface area contributed by atoms with Crippen molar-refractivity contribution in [2.75, 3.05) is 7.11 Å². The van der Waals surface area contributed by atoms with Crippen LogP contribution in [0.15, 0.2) is 54.1 Å². The molecule has 44 heavy (non-hydrogen) atoms. The molecule has 238 valence electrons. The molecule has 1 fully saturated rings. The fourth-order valence-electron chi connectivity index (χ4n) is 7.65. The topological polar surface area (TPSA) is 96.3 Å². The summed E-state index contributed by atoms with van der Waals surface area (Å²) < 4.78 is 11.6. The molecule has 1 unspecified atom stereocenters. The van der Waals surface area contributed by atoms with Crippen molar-refractivity contribution in [1.29, 1.82) is 0 Å². The third-order valence-electron chi connectivity index (χ3n) is 10.3. The molecule has 3 aliphatic rings. The van der Waals surface area contributed by atoms with Crippen LogP contribution >= 0.6 is 0 Å². The smallest absolute Gasteiger partial charge is 0.308 e. The minimum atomic E-state index is -0.640. The lowest BCUT2D eigenvalue weighted by Crippen LogP contribution is -2.48. The van der Waals surface area contributed by atoms with E-state index in [1.54, 1.807) is 7.11 Å². The van der Waals surface area contributed by atoms with Crippen LogP contribution in [0.5, 0.6) is 5.75 Å². The van der Waals surface area contributed by atoms with Gasteiger partial charge in [0.2, 0.25) is 5.91 Å². The van der Waals surface area contributed by atoms with Gasteiger partial charge in [-0.3, -0.25) is 9.59 Å². The Morgan fingerprint density at radius 1 is 1.14 bits per heavy atom. The van der Waals surface area contributed by atoms with Gasteiger partial charge in [0.05, 0.1) is 32.2 Å². The molecule has 2 N–H and O–H groups in total. The number of fused-ring (bicyclic) bond motifs is 2. The number of ether oxygens (including phenoxy) is 2. The van der Waals surface area contributed by atoms with E-state index in [2.05, 4.69) is 38.1 Å². The highest BCUT2D eigenvalue weighted by Crippen LogP contribution is 2.45. The first kappa shape index (κ1) is 32.2. The maximum atomic E-state index is 13.4. The second-order valence-corrected chi connectivity index (χ2v) is 13.4. The monoisotopic (exact) mass is 603 g/mol. The van der Waals surface area contributed by atoms with Crippen molar-refractivity contribution >= 4 is 22.6 Å². The molecular weight excluding hydrogens is 554 g/mol. The fourth-order valence-corrected chi connectivity index (χ4v) is 7.65. The molecule has 0 aromatic heterocycles. The van der Waals surface area contributed by atoms with Crippen molar-refractivity contribution in [2.45, 2.75) is 97.6 Å². The Kier molecular flexibility index (Phi) is 10.2. The average Bonchev–Trinajstić information content (AvgIpc) is 3.00. The summed E-state index contributed by atoms with van der Waals surface area (Å²) in [5.74, 6) is 1.46. The van der Waals surface area contributed by atoms with Crippen molar-refractivity contribution in [1.82, 2.24) is 4.90 Å². The number of esters is 1. The number of methoxy groups -OCH3 is 1. The van der Waals surface area contributed by atoms with E-state index >= 15 is 0 Å². The Balaban J connectivity index is 1.36. The standard InChI is InChI=1S/C37H49NO6/c1-6-23(3)37(42)44-34-16-22(2)15-27-9-7-24(4)30(36(27)34)13-11-28-18-29(40)19-35(41)38(28)20-25-8-12-31-26(17-25)10-14-33(43-5)32(31)21-39/h7-10,12,14-15,17,22-24,28-30,34,36,39-40H,6,11,13,16,18-21H2,1-5H3/t22-,23-,24-,28?,29+,30-,34-,36-/m0/s1. The van der Waals surface area contributed by atoms with Crippen molar-refractivity contribution in [3.8, 4) is 5.75 Å². The van der Waals surface area contributed by atoms with E-state index in [0.29, 0.717) is 30.6 Å². The highest BCUT2D eigenvalue weighted by atomic mass is 16.5. The molecule has 1 heterocycles. The lowest BCUT2D eigenvalue weighted by Gasteiger charge is -2.44. The van der Waals surface area contributed by atoms with Gasteiger partial charge in [-0.05, 0) is 83.9 Å². The van der Waals surface area contributed by atoms with Crippen molar-refractivity contribution in [3.05, 3.63) is 65.3 Å². The molecule has 2 aliphatic carbocycles. The van der Waals surface area contributed by atoms with Gasteiger partial charge in [0.15, 0.2) is 0 Å². The van der Waals surface area contributed by atoms with Gasteiger partial charge in [-0.25, -0.2) is 0 Å². The molecule has 0 saturated carbocycles. The third kappa shape index (κ3) is 6.74. The number of allylic oxidation sites excluding steroid dienone is 3. The molecule has 5 rings (SSSR count). The highest BCUT2D eigenvalue weighted by Gasteiger charge is 2.42. The summed E-state index contributed by atoms with van der Waals surface area (Å²) >= 11 is 0. The number of hydrogen-bond donors (Lipinski definition) is 2. The summed E-state index contributed by atoms with van der Waals surface area (Å²) in [6, 6.07) is 9.85. The molecule has 1 amide bonds. The van der Waals surface area contributed by atoms with Crippen molar-refractivity contribution in [3.63, 3.8) is 0 Å². The summed E-state index contributed by atoms with van der Waals surface area (Å²) in [5, 5.41) is 22.5. The van der Waals surface area contributed by atoms with Crippen molar-refractivity contribution in [2.24, 2.45) is 29.6 Å². The first-order chi connectivity index (χ1) is 21.1. The van der Waals surface area contributed by atoms with Crippen LogP contribution in [-0.4, -0.2) is 52.3 Å². The average molecular weight is 604 g/mol. The van der Waals surface area contributed by atoms with E-state index in [1.807, 2.05) is 43.0 Å². The number of hydrogen-bond acceptors (Lipinski definition) is 6. The number of carbonyl (C=O) groups excluding carboxylic acids is 2. The van der Waals surface area contributed by atoms with Crippen LogP contribution in [0.2, 0.25) is 0 Å². The summed E-state index contributed by atoms with van der Waals surface area (Å²) in [4.78, 5) is 28.2. The first-order valence-corrected chi connectivity index (χ1v) is 16.4. The Labute approximate surface area is 261 Å². The van der Waals surface area contributed by atoms with E-state index in [-0.39, 0.29) is 54.8 Å². The summed E-state index contributed by atoms with van der Waals surface area (Å²) in [7, 11) is 1.60. The SMILES string of the molecule is CC[C@H](C)C(=O)O[C@H]1C[C@@H](C)C=C2C=C[C@H](C)[C@H](CCC3C[C@@H](O)CC(=O)N3Cc3ccc4c(CO)c(OC)ccc4c3)[C@H]21. The number of carbonyl (C=O) groups is 2. The van der Waals surface area contributed by atoms with Crippen LogP contribution in [0.4, 0.5) is 0 Å². The van der Waals surface area contributed by atoms with Crippen LogP contribution in [0.25, 0.3) is 10.8 Å². The first-order valence-electron chi connectivity index (χ1n) is 16.4. The molecule has 7 nitrogen and oxygen atoms in total. The van der Waals surface area contributed by atoms with E-state index in [4.69, 9.17) is 9.47 Å². The largest absolute Gasteiger partial charge is 0.496 e. The normalized spacial score (nSPS) is 29.2. The number of aliphatic hydroxyl groups is 2. The zero-order chi connectivity index (χ0) is 31.5. The predicted octanol–water partition coefficient (Wildman–Crippen LogP) is 6.34. The molecule has 0 bridgehead atoms. The molecule has 0 spiro atoms. The Morgan fingerprint density at radius 2 is 1.93 bits per heavy atom. The van der Waals surface area contributed by atoms with Gasteiger partial charge in [0.1, 0.15) is 11.9 Å². The number of piperidine rings is 1. The van der Waals surface area contributed by atoms with Crippen molar-refractivity contribution < 1.29 is 29.3 Å². The predicted molar refractivity (Wildman–Crippen MR) is 172 cm³/mol. The Hall–Kier alpha value is -3.16. The lowest BCUT2D eigenvalue weighted by atomic mass is 9.65. The Morgan fingerprint density at radius 3 is 2.66 bits per heavy atom. The van der Waals surface area contributed by atoms with Gasteiger partial charge in [-0.15, -0.1) is 0 Å². The van der Waals surface area contributed by atoms with E-state index < -0.39 is 6.10 Å². The molecular formula is C37H49NO6. The number of nitrogens with zero attached hydrogens (tertiary/aromatic N) is 1. The minimum absolute atomic E-state index is 0.0244. The van der Waals surface area contributed by atoms with Gasteiger partial charge in [-0.1, -0.05) is 64.1 Å². The summed E-state index contributed by atoms with van der Waals surface area (Å²) in [5.41, 5.74) is 3.03. The van der Waals surface area contributed by atoms with Gasteiger partial charge < -0.3 is 24.6 Å². The second-order valence-electron chi connectivity index (χ2n) is 13.4. The maximum absolute atomic E-state index is 13.4. The van der Waals surface area contributed by atoms with Gasteiger partial charge in [0.25, 0.3) is 0 Å². The van der Waals surface area contributed by atoms with Crippen LogP contribution in [0.1, 0.15) is 77.3 Å². The maximum Gasteiger partial charge on any atom is 0.308 e. The van der Waals surface area contributed by atoms with Crippen LogP contribution in [0, 0.1) is 29.6 Å². The summed E-state index contributed by atoms with van der Waals surface area (Å²) in [6.07, 6.45) is 9.98. The fraction of sp³-hybridized carbons (Fsp3) is 0.568. The number of aliphatic hydroxyl groups excluding tert-OH is 2. The number of likely N-dealkylation sites (tertiary alicyclic amines) is 1. The molecule has 0 radical (unpaired) electrons. The molecule has 1 saturated heterocycles.